The van der Waals surface area contributed by atoms with E-state index in [-0.39, 0.29) is 12.3 Å². The summed E-state index contributed by atoms with van der Waals surface area (Å²) in [5.41, 5.74) is 7.45. The number of fused-ring (bicyclic) bond motifs is 2. The van der Waals surface area contributed by atoms with Crippen molar-refractivity contribution in [2.45, 2.75) is 6.42 Å². The molecule has 0 radical (unpaired) electrons. The van der Waals surface area contributed by atoms with Gasteiger partial charge >= 0.3 is 0 Å². The fourth-order valence-electron chi connectivity index (χ4n) is 4.54. The lowest BCUT2D eigenvalue weighted by Crippen LogP contribution is -2.14. The van der Waals surface area contributed by atoms with Crippen LogP contribution >= 0.6 is 22.9 Å². The zero-order valence-corrected chi connectivity index (χ0v) is 22.3. The molecule has 0 aliphatic heterocycles. The molecule has 1 aromatic carbocycles. The van der Waals surface area contributed by atoms with Crippen molar-refractivity contribution in [3.63, 3.8) is 0 Å². The van der Waals surface area contributed by atoms with Crippen LogP contribution in [0, 0.1) is 0 Å². The van der Waals surface area contributed by atoms with Crippen LogP contribution in [0.3, 0.4) is 0 Å². The molecule has 0 fully saturated rings. The van der Waals surface area contributed by atoms with E-state index < -0.39 is 0 Å². The first-order valence-electron chi connectivity index (χ1n) is 12.3. The highest BCUT2D eigenvalue weighted by Gasteiger charge is 2.18. The van der Waals surface area contributed by atoms with Gasteiger partial charge in [-0.25, -0.2) is 9.97 Å². The van der Waals surface area contributed by atoms with E-state index in [0.717, 1.165) is 38.1 Å². The summed E-state index contributed by atoms with van der Waals surface area (Å²) in [6.45, 7) is 0. The number of hydrogen-bond donors (Lipinski definition) is 3. The Morgan fingerprint density at radius 3 is 2.62 bits per heavy atom. The largest absolute Gasteiger partial charge is 0.335 e. The molecule has 7 aromatic rings. The molecule has 6 heterocycles. The first-order valence-corrected chi connectivity index (χ1v) is 13.5. The average molecular weight is 563 g/mol. The zero-order valence-electron chi connectivity index (χ0n) is 20.7. The summed E-state index contributed by atoms with van der Waals surface area (Å²) in [4.78, 5) is 35.3. The number of aromatic amines is 2. The maximum atomic E-state index is 12.6. The van der Waals surface area contributed by atoms with Crippen molar-refractivity contribution in [1.29, 1.82) is 0 Å². The summed E-state index contributed by atoms with van der Waals surface area (Å²) >= 11 is 7.64. The molecule has 194 valence electrons. The molecule has 1 amide bonds. The third kappa shape index (κ3) is 4.59. The molecule has 0 saturated carbocycles. The zero-order chi connectivity index (χ0) is 27.1. The Morgan fingerprint density at radius 1 is 0.900 bits per heavy atom. The summed E-state index contributed by atoms with van der Waals surface area (Å²) in [6, 6.07) is 19.1. The molecule has 0 saturated heterocycles. The van der Waals surface area contributed by atoms with Crippen LogP contribution in [0.15, 0.2) is 85.5 Å². The van der Waals surface area contributed by atoms with Crippen molar-refractivity contribution in [1.82, 2.24) is 35.1 Å². The molecular formula is C29H19ClN8OS. The number of pyridine rings is 3. The van der Waals surface area contributed by atoms with E-state index >= 15 is 0 Å². The van der Waals surface area contributed by atoms with Gasteiger partial charge in [0.1, 0.15) is 11.0 Å². The van der Waals surface area contributed by atoms with Crippen LogP contribution in [0.5, 0.6) is 0 Å². The number of imidazole rings is 1. The lowest BCUT2D eigenvalue weighted by molar-refractivity contribution is -0.115. The number of H-pyrrole nitrogens is 2. The van der Waals surface area contributed by atoms with Gasteiger partial charge in [-0.05, 0) is 35.9 Å². The summed E-state index contributed by atoms with van der Waals surface area (Å²) in [6.07, 6.45) is 7.14. The molecule has 6 aromatic heterocycles. The van der Waals surface area contributed by atoms with Crippen molar-refractivity contribution in [3.05, 3.63) is 95.4 Å². The number of nitrogens with zero attached hydrogens (tertiary/aromatic N) is 5. The minimum atomic E-state index is -0.116. The van der Waals surface area contributed by atoms with Crippen molar-refractivity contribution in [2.75, 3.05) is 5.32 Å². The van der Waals surface area contributed by atoms with Crippen molar-refractivity contribution >= 4 is 56.6 Å². The first-order chi connectivity index (χ1) is 19.6. The monoisotopic (exact) mass is 562 g/mol. The normalized spacial score (nSPS) is 11.3. The van der Waals surface area contributed by atoms with Gasteiger partial charge in [-0.15, -0.1) is 11.3 Å². The molecule has 0 aliphatic rings. The smallest absolute Gasteiger partial charge is 0.228 e. The number of carbonyl (C=O) groups is 1. The SMILES string of the molecule is O=C(Cc1ccccc1)Nc1cncc(-c2ccc3[nH]nc(-c4nc5c(-c6ccc(Cl)s6)cncc5[nH]4)c3n2)c1. The quantitative estimate of drug-likeness (QED) is 0.212. The van der Waals surface area contributed by atoms with Crippen LogP contribution in [0.1, 0.15) is 5.56 Å². The van der Waals surface area contributed by atoms with Crippen molar-refractivity contribution in [2.24, 2.45) is 0 Å². The molecule has 11 heteroatoms. The van der Waals surface area contributed by atoms with E-state index in [9.17, 15) is 4.79 Å². The third-order valence-electron chi connectivity index (χ3n) is 6.39. The molecule has 0 bridgehead atoms. The highest BCUT2D eigenvalue weighted by molar-refractivity contribution is 7.19. The van der Waals surface area contributed by atoms with Crippen LogP contribution in [-0.2, 0) is 11.2 Å². The van der Waals surface area contributed by atoms with Crippen LogP contribution in [0.2, 0.25) is 4.34 Å². The predicted octanol–water partition coefficient (Wildman–Crippen LogP) is 6.52. The van der Waals surface area contributed by atoms with Gasteiger partial charge in [-0.2, -0.15) is 5.10 Å². The van der Waals surface area contributed by atoms with Crippen LogP contribution in [0.25, 0.3) is 55.3 Å². The summed E-state index contributed by atoms with van der Waals surface area (Å²) in [7, 11) is 0. The highest BCUT2D eigenvalue weighted by atomic mass is 35.5. The van der Waals surface area contributed by atoms with E-state index in [1.54, 1.807) is 24.8 Å². The number of rotatable bonds is 6. The van der Waals surface area contributed by atoms with Gasteiger partial charge in [0.05, 0.1) is 45.6 Å². The van der Waals surface area contributed by atoms with Crippen LogP contribution < -0.4 is 5.32 Å². The van der Waals surface area contributed by atoms with Crippen LogP contribution in [-0.4, -0.2) is 41.0 Å². The van der Waals surface area contributed by atoms with E-state index in [0.29, 0.717) is 32.8 Å². The standard InChI is InChI=1S/C29H19ClN8OS/c30-24-9-8-23(40-24)19-14-32-15-22-26(19)36-29(35-22)28-27-21(37-38-28)7-6-20(34-27)17-11-18(13-31-12-17)33-25(39)10-16-4-2-1-3-5-16/h1-9,11-15H,10H2,(H,33,39)(H,35,36)(H,37,38). The molecule has 40 heavy (non-hydrogen) atoms. The molecule has 0 aliphatic carbocycles. The Kier molecular flexibility index (Phi) is 6.03. The Labute approximate surface area is 236 Å². The molecule has 7 rings (SSSR count). The lowest BCUT2D eigenvalue weighted by Gasteiger charge is -2.07. The molecule has 0 unspecified atom stereocenters. The van der Waals surface area contributed by atoms with Crippen molar-refractivity contribution < 1.29 is 4.79 Å². The number of nitrogens with one attached hydrogen (secondary N) is 3. The van der Waals surface area contributed by atoms with E-state index in [1.807, 2.05) is 60.7 Å². The molecular weight excluding hydrogens is 544 g/mol. The van der Waals surface area contributed by atoms with Crippen molar-refractivity contribution in [3.8, 4) is 33.2 Å². The molecule has 0 atom stereocenters. The van der Waals surface area contributed by atoms with Gasteiger partial charge in [0.15, 0.2) is 11.5 Å². The Balaban J connectivity index is 1.21. The lowest BCUT2D eigenvalue weighted by atomic mass is 10.1. The summed E-state index contributed by atoms with van der Waals surface area (Å²) < 4.78 is 0.701. The van der Waals surface area contributed by atoms with Gasteiger partial charge < -0.3 is 10.3 Å². The Hall–Kier alpha value is -4.93. The minimum Gasteiger partial charge on any atom is -0.335 e. The van der Waals surface area contributed by atoms with Gasteiger partial charge in [0.2, 0.25) is 5.91 Å². The predicted molar refractivity (Wildman–Crippen MR) is 157 cm³/mol. The van der Waals surface area contributed by atoms with E-state index in [4.69, 9.17) is 21.6 Å². The minimum absolute atomic E-state index is 0.116. The second kappa shape index (κ2) is 9.99. The molecule has 3 N–H and O–H groups in total. The average Bonchev–Trinajstić information content (AvgIpc) is 3.71. The number of hydrogen-bond acceptors (Lipinski definition) is 7. The number of carbonyl (C=O) groups excluding carboxylic acids is 1. The number of benzene rings is 1. The number of anilines is 1. The Bertz CT molecular complexity index is 2010. The second-order valence-electron chi connectivity index (χ2n) is 9.11. The summed E-state index contributed by atoms with van der Waals surface area (Å²) in [5.74, 6) is 0.456. The maximum Gasteiger partial charge on any atom is 0.228 e. The Morgan fingerprint density at radius 2 is 1.77 bits per heavy atom. The van der Waals surface area contributed by atoms with Gasteiger partial charge in [0.25, 0.3) is 0 Å². The third-order valence-corrected chi connectivity index (χ3v) is 7.65. The van der Waals surface area contributed by atoms with Gasteiger partial charge in [-0.1, -0.05) is 41.9 Å². The number of thiophene rings is 1. The topological polar surface area (TPSA) is 125 Å². The van der Waals surface area contributed by atoms with Crippen LogP contribution in [0.4, 0.5) is 5.69 Å². The van der Waals surface area contributed by atoms with E-state index in [1.165, 1.54) is 11.3 Å². The maximum absolute atomic E-state index is 12.6. The molecule has 9 nitrogen and oxygen atoms in total. The summed E-state index contributed by atoms with van der Waals surface area (Å²) in [5, 5.41) is 10.5. The number of amides is 1. The fourth-order valence-corrected chi connectivity index (χ4v) is 5.60. The fraction of sp³-hybridized carbons (Fsp3) is 0.0345. The second-order valence-corrected chi connectivity index (χ2v) is 10.8. The first kappa shape index (κ1) is 24.1. The number of aromatic nitrogens is 7. The highest BCUT2D eigenvalue weighted by Crippen LogP contribution is 2.35. The number of halogens is 1. The van der Waals surface area contributed by atoms with Gasteiger partial charge in [0, 0.05) is 28.4 Å². The van der Waals surface area contributed by atoms with Gasteiger partial charge in [-0.3, -0.25) is 19.9 Å². The van der Waals surface area contributed by atoms with E-state index in [2.05, 4.69) is 30.5 Å². The molecule has 0 spiro atoms.